The lowest BCUT2D eigenvalue weighted by molar-refractivity contribution is -0.138. The number of rotatable bonds is 9. The maximum Gasteiger partial charge on any atom is 0.416 e. The number of aromatic nitrogens is 4. The molecule has 1 atom stereocenters. The highest BCUT2D eigenvalue weighted by molar-refractivity contribution is 6.10. The smallest absolute Gasteiger partial charge is 0.379 e. The van der Waals surface area contributed by atoms with Gasteiger partial charge in [-0.2, -0.15) is 13.2 Å². The number of amides is 1. The summed E-state index contributed by atoms with van der Waals surface area (Å²) in [6.45, 7) is 7.80. The van der Waals surface area contributed by atoms with Crippen LogP contribution in [0.2, 0.25) is 0 Å². The molecule has 3 fully saturated rings. The maximum atomic E-state index is 14.7. The molecule has 2 aromatic heterocycles. The molecule has 10 nitrogen and oxygen atoms in total. The average molecular weight is 667 g/mol. The Morgan fingerprint density at radius 1 is 1.08 bits per heavy atom. The number of nitrogens with zero attached hydrogens (tertiary/aromatic N) is 7. The van der Waals surface area contributed by atoms with Gasteiger partial charge in [0, 0.05) is 62.7 Å². The minimum absolute atomic E-state index is 0.00770. The average Bonchev–Trinajstić information content (AvgIpc) is 3.76. The molecule has 5 heterocycles. The van der Waals surface area contributed by atoms with Gasteiger partial charge >= 0.3 is 6.18 Å². The number of pyridine rings is 1. The van der Waals surface area contributed by atoms with Crippen molar-refractivity contribution < 1.29 is 22.7 Å². The number of hydrogen-bond donors (Lipinski definition) is 1. The summed E-state index contributed by atoms with van der Waals surface area (Å²) in [5, 5.41) is 11.9. The van der Waals surface area contributed by atoms with E-state index in [1.54, 1.807) is 12.4 Å². The molecule has 0 bridgehead atoms. The van der Waals surface area contributed by atoms with Crippen molar-refractivity contribution in [3.63, 3.8) is 0 Å². The monoisotopic (exact) mass is 666 g/mol. The highest BCUT2D eigenvalue weighted by Gasteiger charge is 2.45. The van der Waals surface area contributed by atoms with Crippen LogP contribution in [0, 0.1) is 5.92 Å². The molecule has 1 amide bonds. The standard InChI is InChI=1S/C35H45F3N8O2/c1-22(2)29-18-43(3)9-10-45(29)16-23-11-26-27(28(12-23)35(36,37)38)17-46(33(26)47)31-14-24(13-30(41-31)40-25-7-5-6-8-25)34(19-48-20-34)15-32-42-39-21-44(32)4/h11-14,21-22,25,29H,5-10,15-20H2,1-4H3,(H,40,41)/t29-/m1/s1. The quantitative estimate of drug-likeness (QED) is 0.341. The first kappa shape index (κ1) is 33.0. The van der Waals surface area contributed by atoms with Gasteiger partial charge in [0.25, 0.3) is 5.91 Å². The van der Waals surface area contributed by atoms with E-state index in [9.17, 15) is 18.0 Å². The molecule has 7 rings (SSSR count). The van der Waals surface area contributed by atoms with Crippen molar-refractivity contribution in [2.24, 2.45) is 13.0 Å². The second kappa shape index (κ2) is 12.7. The Morgan fingerprint density at radius 2 is 1.85 bits per heavy atom. The number of carbonyl (C=O) groups is 1. The largest absolute Gasteiger partial charge is 0.416 e. The Hall–Kier alpha value is -3.55. The molecule has 0 radical (unpaired) electrons. The van der Waals surface area contributed by atoms with Crippen molar-refractivity contribution in [2.75, 3.05) is 50.1 Å². The Bertz CT molecular complexity index is 1660. The van der Waals surface area contributed by atoms with Crippen LogP contribution in [0.5, 0.6) is 0 Å². The van der Waals surface area contributed by atoms with Crippen LogP contribution in [0.3, 0.4) is 0 Å². The molecular formula is C35H45F3N8O2. The summed E-state index contributed by atoms with van der Waals surface area (Å²) in [5.74, 6) is 1.64. The lowest BCUT2D eigenvalue weighted by Gasteiger charge is -2.42. The molecule has 1 saturated carbocycles. The molecule has 13 heteroatoms. The number of likely N-dealkylation sites (N-methyl/N-ethyl adjacent to an activating group) is 1. The summed E-state index contributed by atoms with van der Waals surface area (Å²) in [6, 6.07) is 7.26. The summed E-state index contributed by atoms with van der Waals surface area (Å²) < 4.78 is 51.7. The summed E-state index contributed by atoms with van der Waals surface area (Å²) in [6.07, 6.45) is 1.91. The van der Waals surface area contributed by atoms with E-state index >= 15 is 0 Å². The number of alkyl halides is 3. The van der Waals surface area contributed by atoms with Crippen LogP contribution in [0.15, 0.2) is 30.6 Å². The van der Waals surface area contributed by atoms with E-state index in [-0.39, 0.29) is 29.8 Å². The highest BCUT2D eigenvalue weighted by atomic mass is 19.4. The van der Waals surface area contributed by atoms with Crippen LogP contribution in [0.4, 0.5) is 24.8 Å². The first-order valence-electron chi connectivity index (χ1n) is 17.1. The van der Waals surface area contributed by atoms with Crippen molar-refractivity contribution in [1.82, 2.24) is 29.5 Å². The highest BCUT2D eigenvalue weighted by Crippen LogP contribution is 2.42. The zero-order valence-corrected chi connectivity index (χ0v) is 28.2. The van der Waals surface area contributed by atoms with Crippen LogP contribution in [-0.4, -0.2) is 87.4 Å². The molecule has 2 saturated heterocycles. The van der Waals surface area contributed by atoms with Gasteiger partial charge < -0.3 is 19.5 Å². The Balaban J connectivity index is 1.25. The minimum atomic E-state index is -4.61. The molecular weight excluding hydrogens is 621 g/mol. The van der Waals surface area contributed by atoms with Crippen molar-refractivity contribution in [3.8, 4) is 0 Å². The van der Waals surface area contributed by atoms with E-state index < -0.39 is 23.1 Å². The van der Waals surface area contributed by atoms with Gasteiger partial charge in [0.05, 0.1) is 25.3 Å². The first-order chi connectivity index (χ1) is 22.9. The van der Waals surface area contributed by atoms with Gasteiger partial charge in [-0.25, -0.2) is 4.98 Å². The van der Waals surface area contributed by atoms with Gasteiger partial charge in [0.15, 0.2) is 0 Å². The van der Waals surface area contributed by atoms with Crippen LogP contribution in [-0.2, 0) is 42.9 Å². The van der Waals surface area contributed by atoms with Crippen molar-refractivity contribution in [2.45, 2.75) is 82.7 Å². The second-order valence-corrected chi connectivity index (χ2v) is 14.6. The van der Waals surface area contributed by atoms with E-state index in [1.165, 1.54) is 11.0 Å². The van der Waals surface area contributed by atoms with E-state index in [4.69, 9.17) is 9.72 Å². The predicted octanol–water partition coefficient (Wildman–Crippen LogP) is 5.03. The number of nitrogens with one attached hydrogen (secondary N) is 1. The maximum absolute atomic E-state index is 14.7. The van der Waals surface area contributed by atoms with Gasteiger partial charge in [0.1, 0.15) is 23.8 Å². The second-order valence-electron chi connectivity index (χ2n) is 14.6. The predicted molar refractivity (Wildman–Crippen MR) is 176 cm³/mol. The number of piperazine rings is 1. The van der Waals surface area contributed by atoms with Crippen molar-refractivity contribution >= 4 is 17.5 Å². The van der Waals surface area contributed by atoms with Crippen LogP contribution < -0.4 is 10.2 Å². The van der Waals surface area contributed by atoms with Crippen LogP contribution in [0.1, 0.15) is 78.0 Å². The number of ether oxygens (including phenoxy) is 1. The van der Waals surface area contributed by atoms with Gasteiger partial charge in [-0.15, -0.1) is 10.2 Å². The molecule has 258 valence electrons. The Morgan fingerprint density at radius 3 is 2.50 bits per heavy atom. The number of fused-ring (bicyclic) bond motifs is 1. The van der Waals surface area contributed by atoms with E-state index in [0.717, 1.165) is 56.7 Å². The topological polar surface area (TPSA) is 91.7 Å². The summed E-state index contributed by atoms with van der Waals surface area (Å²) in [4.78, 5) is 25.0. The Labute approximate surface area is 279 Å². The lowest BCUT2D eigenvalue weighted by atomic mass is 9.75. The number of benzene rings is 1. The fourth-order valence-corrected chi connectivity index (χ4v) is 7.85. The zero-order valence-electron chi connectivity index (χ0n) is 28.2. The van der Waals surface area contributed by atoms with Crippen LogP contribution in [0.25, 0.3) is 0 Å². The molecule has 3 aromatic rings. The van der Waals surface area contributed by atoms with E-state index in [1.807, 2.05) is 23.7 Å². The van der Waals surface area contributed by atoms with Gasteiger partial charge in [-0.3, -0.25) is 14.6 Å². The normalized spacial score (nSPS) is 22.0. The first-order valence-corrected chi connectivity index (χ1v) is 17.1. The summed E-state index contributed by atoms with van der Waals surface area (Å²) >= 11 is 0. The number of anilines is 2. The van der Waals surface area contributed by atoms with Gasteiger partial charge in [0.2, 0.25) is 0 Å². The third-order valence-electron chi connectivity index (χ3n) is 10.8. The summed E-state index contributed by atoms with van der Waals surface area (Å²) in [7, 11) is 3.97. The summed E-state index contributed by atoms with van der Waals surface area (Å²) in [5.41, 5.74) is 0.359. The third-order valence-corrected chi connectivity index (χ3v) is 10.8. The third kappa shape index (κ3) is 6.32. The Kier molecular flexibility index (Phi) is 8.74. The van der Waals surface area contributed by atoms with Crippen molar-refractivity contribution in [1.29, 1.82) is 0 Å². The fourth-order valence-electron chi connectivity index (χ4n) is 7.85. The molecule has 3 aliphatic heterocycles. The fraction of sp³-hybridized carbons (Fsp3) is 0.600. The number of hydrogen-bond acceptors (Lipinski definition) is 8. The molecule has 4 aliphatic rings. The SMILES string of the molecule is CC(C)[C@H]1CN(C)CCN1Cc1cc2c(c(C(F)(F)F)c1)CN(c1cc(C3(Cc4nncn4C)COC3)cc(NC3CCCC3)n1)C2=O. The number of aryl methyl sites for hydroxylation is 1. The van der Waals surface area contributed by atoms with Gasteiger partial charge in [-0.05, 0) is 66.8 Å². The van der Waals surface area contributed by atoms with Crippen molar-refractivity contribution in [3.05, 3.63) is 64.2 Å². The molecule has 0 unspecified atom stereocenters. The molecule has 1 aliphatic carbocycles. The number of halogens is 3. The molecule has 48 heavy (non-hydrogen) atoms. The molecule has 1 aromatic carbocycles. The lowest BCUT2D eigenvalue weighted by Crippen LogP contribution is -2.53. The zero-order chi connectivity index (χ0) is 33.8. The molecule has 0 spiro atoms. The molecule has 1 N–H and O–H groups in total. The van der Waals surface area contributed by atoms with E-state index in [0.29, 0.717) is 49.3 Å². The number of carbonyl (C=O) groups excluding carboxylic acids is 1. The van der Waals surface area contributed by atoms with Crippen LogP contribution >= 0.6 is 0 Å². The van der Waals surface area contributed by atoms with E-state index in [2.05, 4.69) is 46.2 Å². The minimum Gasteiger partial charge on any atom is -0.379 e. The van der Waals surface area contributed by atoms with Gasteiger partial charge in [-0.1, -0.05) is 26.7 Å².